The minimum Gasteiger partial charge on any atom is -0.493 e. The molecule has 1 aliphatic rings. The summed E-state index contributed by atoms with van der Waals surface area (Å²) in [6.45, 7) is 1.08. The van der Waals surface area contributed by atoms with Crippen LogP contribution in [0.4, 0.5) is 4.39 Å². The lowest BCUT2D eigenvalue weighted by Crippen LogP contribution is -2.14. The van der Waals surface area contributed by atoms with Gasteiger partial charge in [-0.1, -0.05) is 0 Å². The Hall–Kier alpha value is -1.09. The average Bonchev–Trinajstić information content (AvgIpc) is 2.23. The largest absolute Gasteiger partial charge is 0.493 e. The molecule has 2 rings (SSSR count). The smallest absolute Gasteiger partial charge is 0.126 e. The summed E-state index contributed by atoms with van der Waals surface area (Å²) >= 11 is 0. The number of hydrogen-bond donors (Lipinski definition) is 1. The minimum atomic E-state index is -0.173. The first-order valence-electron chi connectivity index (χ1n) is 4.77. The average molecular weight is 194 g/mol. The zero-order valence-electron chi connectivity index (χ0n) is 7.92. The van der Waals surface area contributed by atoms with Crippen molar-refractivity contribution in [1.29, 1.82) is 0 Å². The summed E-state index contributed by atoms with van der Waals surface area (Å²) in [5.74, 6) is 0.630. The topological polar surface area (TPSA) is 35.2 Å². The van der Waals surface area contributed by atoms with Crippen LogP contribution in [0.3, 0.4) is 0 Å². The maximum absolute atomic E-state index is 13.4. The molecule has 1 heterocycles. The van der Waals surface area contributed by atoms with Crippen molar-refractivity contribution in [3.05, 3.63) is 35.5 Å². The third-order valence-corrected chi connectivity index (χ3v) is 2.43. The second kappa shape index (κ2) is 3.96. The van der Waals surface area contributed by atoms with E-state index < -0.39 is 0 Å². The molecule has 14 heavy (non-hydrogen) atoms. The van der Waals surface area contributed by atoms with E-state index >= 15 is 0 Å². The number of nitrogens with two attached hydrogens (primary N) is 1. The molecule has 1 aliphatic heterocycles. The quantitative estimate of drug-likeness (QED) is 0.773. The maximum Gasteiger partial charge on any atom is 0.126 e. The Morgan fingerprint density at radius 3 is 3.07 bits per heavy atom. The molecule has 0 fully saturated rings. The normalized spacial score (nSPS) is 14.7. The molecule has 1 aromatic carbocycles. The second-order valence-corrected chi connectivity index (χ2v) is 3.35. The Balaban J connectivity index is 2.43. The van der Waals surface area contributed by atoms with Crippen molar-refractivity contribution in [3.8, 4) is 5.75 Å². The predicted molar refractivity (Wildman–Crippen MR) is 52.7 cm³/mol. The van der Waals surface area contributed by atoms with E-state index in [0.29, 0.717) is 25.1 Å². The molecule has 2 N–H and O–H groups in total. The van der Waals surface area contributed by atoms with Gasteiger partial charge < -0.3 is 10.5 Å². The molecule has 0 aliphatic carbocycles. The molecule has 0 aromatic heterocycles. The van der Waals surface area contributed by atoms with E-state index in [1.807, 2.05) is 6.42 Å². The molecule has 75 valence electrons. The predicted octanol–water partition coefficient (Wildman–Crippen LogP) is 1.47. The Labute approximate surface area is 82.9 Å². The fourth-order valence-electron chi connectivity index (χ4n) is 1.77. The molecule has 2 nitrogen and oxygen atoms in total. The molecule has 0 atom stereocenters. The summed E-state index contributed by atoms with van der Waals surface area (Å²) in [6.07, 6.45) is 3.36. The molecule has 0 bridgehead atoms. The third kappa shape index (κ3) is 1.60. The summed E-state index contributed by atoms with van der Waals surface area (Å²) in [7, 11) is 0. The molecule has 1 radical (unpaired) electrons. The summed E-state index contributed by atoms with van der Waals surface area (Å²) in [5.41, 5.74) is 7.11. The van der Waals surface area contributed by atoms with Crippen LogP contribution in [0.15, 0.2) is 12.1 Å². The van der Waals surface area contributed by atoms with Gasteiger partial charge in [0.25, 0.3) is 0 Å². The lowest BCUT2D eigenvalue weighted by atomic mass is 9.97. The number of rotatable bonds is 2. The van der Waals surface area contributed by atoms with Gasteiger partial charge >= 0.3 is 0 Å². The van der Waals surface area contributed by atoms with Crippen molar-refractivity contribution in [1.82, 2.24) is 0 Å². The van der Waals surface area contributed by atoms with Crippen LogP contribution in [0, 0.1) is 12.2 Å². The van der Waals surface area contributed by atoms with Gasteiger partial charge in [-0.3, -0.25) is 0 Å². The first-order chi connectivity index (χ1) is 6.83. The van der Waals surface area contributed by atoms with Crippen LogP contribution in [0.2, 0.25) is 0 Å². The van der Waals surface area contributed by atoms with Gasteiger partial charge in [-0.2, -0.15) is 0 Å². The lowest BCUT2D eigenvalue weighted by Gasteiger charge is -2.20. The van der Waals surface area contributed by atoms with Gasteiger partial charge in [0, 0.05) is 12.0 Å². The van der Waals surface area contributed by atoms with Crippen molar-refractivity contribution >= 4 is 0 Å². The highest BCUT2D eigenvalue weighted by molar-refractivity contribution is 5.43. The number of halogens is 1. The highest BCUT2D eigenvalue weighted by Crippen LogP contribution is 2.29. The fourth-order valence-corrected chi connectivity index (χ4v) is 1.77. The van der Waals surface area contributed by atoms with E-state index in [-0.39, 0.29) is 5.82 Å². The maximum atomic E-state index is 13.4. The first kappa shape index (κ1) is 9.46. The van der Waals surface area contributed by atoms with Crippen molar-refractivity contribution in [2.45, 2.75) is 12.8 Å². The Kier molecular flexibility index (Phi) is 2.68. The van der Waals surface area contributed by atoms with Crippen LogP contribution in [0.1, 0.15) is 11.1 Å². The lowest BCUT2D eigenvalue weighted by molar-refractivity contribution is 0.326. The van der Waals surface area contributed by atoms with Crippen molar-refractivity contribution < 1.29 is 9.13 Å². The Morgan fingerprint density at radius 1 is 1.43 bits per heavy atom. The second-order valence-electron chi connectivity index (χ2n) is 3.35. The van der Waals surface area contributed by atoms with E-state index in [2.05, 4.69) is 0 Å². The van der Waals surface area contributed by atoms with Crippen LogP contribution in [-0.2, 0) is 12.8 Å². The molecule has 0 amide bonds. The highest BCUT2D eigenvalue weighted by Gasteiger charge is 2.17. The van der Waals surface area contributed by atoms with Crippen LogP contribution >= 0.6 is 0 Å². The molecule has 0 unspecified atom stereocenters. The summed E-state index contributed by atoms with van der Waals surface area (Å²) in [6, 6.07) is 3.15. The van der Waals surface area contributed by atoms with Crippen LogP contribution < -0.4 is 10.5 Å². The van der Waals surface area contributed by atoms with Crippen LogP contribution in [0.5, 0.6) is 5.75 Å². The molecular formula is C11H13FNO. The van der Waals surface area contributed by atoms with Gasteiger partial charge in [-0.25, -0.2) is 4.39 Å². The van der Waals surface area contributed by atoms with E-state index in [0.717, 1.165) is 17.7 Å². The van der Waals surface area contributed by atoms with Crippen LogP contribution in [0.25, 0.3) is 0 Å². The van der Waals surface area contributed by atoms with E-state index in [9.17, 15) is 4.39 Å². The fraction of sp³-hybridized carbons (Fsp3) is 0.364. The van der Waals surface area contributed by atoms with Gasteiger partial charge in [0.2, 0.25) is 0 Å². The summed E-state index contributed by atoms with van der Waals surface area (Å²) in [5, 5.41) is 0. The van der Waals surface area contributed by atoms with Gasteiger partial charge in [-0.05, 0) is 37.1 Å². The van der Waals surface area contributed by atoms with E-state index in [1.54, 1.807) is 6.07 Å². The molecule has 3 heteroatoms. The molecule has 0 saturated carbocycles. The van der Waals surface area contributed by atoms with Crippen molar-refractivity contribution in [2.75, 3.05) is 13.2 Å². The van der Waals surface area contributed by atoms with Crippen LogP contribution in [-0.4, -0.2) is 13.2 Å². The number of ether oxygens (including phenoxy) is 1. The Bertz CT molecular complexity index is 338. The molecular weight excluding hydrogens is 181 g/mol. The van der Waals surface area contributed by atoms with E-state index in [1.165, 1.54) is 6.07 Å². The van der Waals surface area contributed by atoms with Gasteiger partial charge in [-0.15, -0.1) is 0 Å². The van der Waals surface area contributed by atoms with Crippen molar-refractivity contribution in [2.24, 2.45) is 5.73 Å². The van der Waals surface area contributed by atoms with Crippen molar-refractivity contribution in [3.63, 3.8) is 0 Å². The molecule has 0 spiro atoms. The standard InChI is InChI=1S/C11H13FNO/c12-10-3-4-11-9(2-1-7-14-11)8(10)5-6-13/h1,3-4H,2,5-7,13H2. The van der Waals surface area contributed by atoms with Gasteiger partial charge in [0.15, 0.2) is 0 Å². The third-order valence-electron chi connectivity index (χ3n) is 2.43. The zero-order chi connectivity index (χ0) is 9.97. The molecule has 1 aromatic rings. The monoisotopic (exact) mass is 194 g/mol. The molecule has 0 saturated heterocycles. The minimum absolute atomic E-state index is 0.173. The van der Waals surface area contributed by atoms with Gasteiger partial charge in [0.1, 0.15) is 11.6 Å². The number of benzene rings is 1. The summed E-state index contributed by atoms with van der Waals surface area (Å²) in [4.78, 5) is 0. The highest BCUT2D eigenvalue weighted by atomic mass is 19.1. The summed E-state index contributed by atoms with van der Waals surface area (Å²) < 4.78 is 18.8. The van der Waals surface area contributed by atoms with Gasteiger partial charge in [0.05, 0.1) is 6.61 Å². The zero-order valence-corrected chi connectivity index (χ0v) is 7.92. The van der Waals surface area contributed by atoms with E-state index in [4.69, 9.17) is 10.5 Å². The number of fused-ring (bicyclic) bond motifs is 1. The first-order valence-corrected chi connectivity index (χ1v) is 4.77. The SMILES string of the molecule is NCCc1c(F)ccc2c1C[CH]CO2. The number of hydrogen-bond acceptors (Lipinski definition) is 2. The Morgan fingerprint density at radius 2 is 2.29 bits per heavy atom.